The minimum atomic E-state index is -0.684. The lowest BCUT2D eigenvalue weighted by Crippen LogP contribution is -2.12. The number of hydrogen-bond donors (Lipinski definition) is 2. The summed E-state index contributed by atoms with van der Waals surface area (Å²) >= 11 is 0. The molecule has 0 amide bonds. The summed E-state index contributed by atoms with van der Waals surface area (Å²) in [5.41, 5.74) is 0.790. The van der Waals surface area contributed by atoms with Gasteiger partial charge in [0, 0.05) is 23.4 Å². The van der Waals surface area contributed by atoms with Gasteiger partial charge in [0.2, 0.25) is 0 Å². The summed E-state index contributed by atoms with van der Waals surface area (Å²) in [4.78, 5) is 10.1. The van der Waals surface area contributed by atoms with Gasteiger partial charge >= 0.3 is 0 Å². The highest BCUT2D eigenvalue weighted by atomic mass is 19.1. The van der Waals surface area contributed by atoms with Crippen LogP contribution in [-0.4, -0.2) is 16.6 Å². The van der Waals surface area contributed by atoms with Crippen molar-refractivity contribution in [3.8, 4) is 11.5 Å². The van der Waals surface area contributed by atoms with Gasteiger partial charge in [-0.25, -0.2) is 4.39 Å². The molecule has 108 valence electrons. The van der Waals surface area contributed by atoms with E-state index < -0.39 is 10.7 Å². The van der Waals surface area contributed by atoms with Crippen molar-refractivity contribution in [3.05, 3.63) is 57.9 Å². The minimum Gasteiger partial charge on any atom is -0.508 e. The fourth-order valence-corrected chi connectivity index (χ4v) is 2.28. The van der Waals surface area contributed by atoms with Gasteiger partial charge in [-0.3, -0.25) is 10.1 Å². The van der Waals surface area contributed by atoms with Gasteiger partial charge in [-0.2, -0.15) is 0 Å². The van der Waals surface area contributed by atoms with Crippen LogP contribution < -0.4 is 10.1 Å². The van der Waals surface area contributed by atoms with Gasteiger partial charge in [-0.15, -0.1) is 0 Å². The maximum Gasteiger partial charge on any atom is 0.274 e. The van der Waals surface area contributed by atoms with Gasteiger partial charge < -0.3 is 15.2 Å². The third-order valence-corrected chi connectivity index (χ3v) is 3.21. The van der Waals surface area contributed by atoms with Gasteiger partial charge in [-0.05, 0) is 18.2 Å². The first-order valence-electron chi connectivity index (χ1n) is 6.20. The summed E-state index contributed by atoms with van der Waals surface area (Å²) in [6.45, 7) is 0.295. The van der Waals surface area contributed by atoms with Gasteiger partial charge in [-0.1, -0.05) is 0 Å². The number of hydrogen-bond acceptors (Lipinski definition) is 5. The van der Waals surface area contributed by atoms with Gasteiger partial charge in [0.1, 0.15) is 23.9 Å². The Labute approximate surface area is 118 Å². The molecule has 0 aromatic heterocycles. The molecule has 0 fully saturated rings. The lowest BCUT2D eigenvalue weighted by atomic mass is 10.1. The van der Waals surface area contributed by atoms with Crippen molar-refractivity contribution in [1.29, 1.82) is 0 Å². The van der Waals surface area contributed by atoms with Crippen molar-refractivity contribution in [1.82, 2.24) is 0 Å². The van der Waals surface area contributed by atoms with Crippen LogP contribution in [0.5, 0.6) is 11.5 Å². The number of phenolic OH excluding ortho intramolecular Hbond substituents is 1. The first kappa shape index (κ1) is 13.2. The number of anilines is 1. The highest BCUT2D eigenvalue weighted by molar-refractivity contribution is 5.55. The maximum atomic E-state index is 13.4. The van der Waals surface area contributed by atoms with E-state index in [1.807, 2.05) is 0 Å². The fourth-order valence-electron chi connectivity index (χ4n) is 2.28. The molecule has 6 nitrogen and oxygen atoms in total. The summed E-state index contributed by atoms with van der Waals surface area (Å²) in [5, 5.41) is 23.1. The molecule has 0 saturated carbocycles. The van der Waals surface area contributed by atoms with Crippen molar-refractivity contribution in [2.45, 2.75) is 6.04 Å². The molecule has 1 aliphatic rings. The number of ether oxygens (including phenoxy) is 1. The number of halogens is 1. The van der Waals surface area contributed by atoms with Crippen molar-refractivity contribution in [2.75, 3.05) is 11.9 Å². The fraction of sp³-hybridized carbons (Fsp3) is 0.143. The Bertz CT molecular complexity index is 720. The Morgan fingerprint density at radius 3 is 2.90 bits per heavy atom. The Kier molecular flexibility index (Phi) is 3.09. The first-order chi connectivity index (χ1) is 10.0. The summed E-state index contributed by atoms with van der Waals surface area (Å²) in [5.74, 6) is -0.0502. The predicted molar refractivity (Wildman–Crippen MR) is 73.0 cm³/mol. The van der Waals surface area contributed by atoms with Crippen LogP contribution in [0.1, 0.15) is 11.6 Å². The summed E-state index contributed by atoms with van der Waals surface area (Å²) in [7, 11) is 0. The number of rotatable bonds is 3. The normalized spacial score (nSPS) is 16.1. The van der Waals surface area contributed by atoms with Crippen LogP contribution in [0.25, 0.3) is 0 Å². The summed E-state index contributed by atoms with van der Waals surface area (Å²) < 4.78 is 18.8. The first-order valence-corrected chi connectivity index (χ1v) is 6.20. The molecular formula is C14H11FN2O4. The maximum absolute atomic E-state index is 13.4. The Hall–Kier alpha value is -2.83. The smallest absolute Gasteiger partial charge is 0.274 e. The monoisotopic (exact) mass is 290 g/mol. The molecule has 0 spiro atoms. The molecule has 0 radical (unpaired) electrons. The quantitative estimate of drug-likeness (QED) is 0.670. The lowest BCUT2D eigenvalue weighted by molar-refractivity contribution is -0.385. The van der Waals surface area contributed by atoms with Crippen LogP contribution in [-0.2, 0) is 0 Å². The molecule has 1 aliphatic heterocycles. The van der Waals surface area contributed by atoms with Crippen molar-refractivity contribution in [3.63, 3.8) is 0 Å². The number of fused-ring (bicyclic) bond motifs is 1. The Morgan fingerprint density at radius 1 is 1.33 bits per heavy atom. The number of nitro groups is 1. The Morgan fingerprint density at radius 2 is 2.14 bits per heavy atom. The van der Waals surface area contributed by atoms with Crippen molar-refractivity contribution >= 4 is 11.4 Å². The van der Waals surface area contributed by atoms with Crippen molar-refractivity contribution < 1.29 is 19.2 Å². The van der Waals surface area contributed by atoms with E-state index in [1.165, 1.54) is 24.3 Å². The molecule has 0 bridgehead atoms. The number of phenols is 1. The molecule has 3 rings (SSSR count). The molecule has 2 aromatic rings. The van der Waals surface area contributed by atoms with Crippen LogP contribution >= 0.6 is 0 Å². The van der Waals surface area contributed by atoms with Crippen LogP contribution in [0.2, 0.25) is 0 Å². The van der Waals surface area contributed by atoms with E-state index >= 15 is 0 Å². The molecular weight excluding hydrogens is 279 g/mol. The molecule has 1 atom stereocenters. The van der Waals surface area contributed by atoms with E-state index in [-0.39, 0.29) is 17.5 Å². The van der Waals surface area contributed by atoms with Crippen LogP contribution in [0.3, 0.4) is 0 Å². The average molecular weight is 290 g/mol. The molecule has 2 aromatic carbocycles. The van der Waals surface area contributed by atoms with E-state index in [1.54, 1.807) is 6.07 Å². The summed E-state index contributed by atoms with van der Waals surface area (Å²) in [6.07, 6.45) is 0. The van der Waals surface area contributed by atoms with Crippen LogP contribution in [0.15, 0.2) is 36.4 Å². The zero-order valence-corrected chi connectivity index (χ0v) is 10.7. The highest BCUT2D eigenvalue weighted by Gasteiger charge is 2.25. The van der Waals surface area contributed by atoms with Gasteiger partial charge in [0.15, 0.2) is 0 Å². The highest BCUT2D eigenvalue weighted by Crippen LogP contribution is 2.37. The largest absolute Gasteiger partial charge is 0.508 e. The standard InChI is InChI=1S/C14H11FN2O4/c15-8-3-9(5-10(4-8)17(19)20)16-13-7-21-14-6-11(18)1-2-12(13)14/h1-6,13,16,18H,7H2. The third-order valence-electron chi connectivity index (χ3n) is 3.21. The second-order valence-electron chi connectivity index (χ2n) is 4.69. The molecule has 7 heteroatoms. The number of non-ortho nitro benzene ring substituents is 1. The second-order valence-corrected chi connectivity index (χ2v) is 4.69. The van der Waals surface area contributed by atoms with E-state index in [4.69, 9.17) is 4.74 Å². The van der Waals surface area contributed by atoms with E-state index in [0.29, 0.717) is 18.0 Å². The predicted octanol–water partition coefficient (Wildman–Crippen LogP) is 2.99. The number of aromatic hydroxyl groups is 1. The molecule has 0 saturated heterocycles. The van der Waals surface area contributed by atoms with E-state index in [0.717, 1.165) is 11.6 Å². The van der Waals surface area contributed by atoms with E-state index in [9.17, 15) is 19.6 Å². The summed E-state index contributed by atoms with van der Waals surface area (Å²) in [6, 6.07) is 7.77. The number of nitro benzene ring substituents is 1. The molecule has 2 N–H and O–H groups in total. The number of nitrogens with zero attached hydrogens (tertiary/aromatic N) is 1. The van der Waals surface area contributed by atoms with Crippen molar-refractivity contribution in [2.24, 2.45) is 0 Å². The zero-order chi connectivity index (χ0) is 15.0. The topological polar surface area (TPSA) is 84.6 Å². The lowest BCUT2D eigenvalue weighted by Gasteiger charge is -2.13. The third kappa shape index (κ3) is 2.58. The van der Waals surface area contributed by atoms with E-state index in [2.05, 4.69) is 5.32 Å². The SMILES string of the molecule is O=[N+]([O-])c1cc(F)cc(NC2COc3cc(O)ccc32)c1. The Balaban J connectivity index is 1.88. The minimum absolute atomic E-state index is 0.0933. The molecule has 1 heterocycles. The number of benzene rings is 2. The number of nitrogens with one attached hydrogen (secondary N) is 1. The van der Waals surface area contributed by atoms with Crippen LogP contribution in [0.4, 0.5) is 15.8 Å². The molecule has 1 unspecified atom stereocenters. The van der Waals surface area contributed by atoms with Gasteiger partial charge in [0.05, 0.1) is 17.0 Å². The molecule has 21 heavy (non-hydrogen) atoms. The van der Waals surface area contributed by atoms with Crippen LogP contribution in [0, 0.1) is 15.9 Å². The zero-order valence-electron chi connectivity index (χ0n) is 10.7. The average Bonchev–Trinajstić information content (AvgIpc) is 2.80. The molecule has 0 aliphatic carbocycles. The van der Waals surface area contributed by atoms with Gasteiger partial charge in [0.25, 0.3) is 5.69 Å². The second kappa shape index (κ2) is 4.93.